The lowest BCUT2D eigenvalue weighted by molar-refractivity contribution is -0.133. The fourth-order valence-electron chi connectivity index (χ4n) is 4.66. The number of ketones is 2. The first-order valence-electron chi connectivity index (χ1n) is 9.82. The van der Waals surface area contributed by atoms with Crippen LogP contribution in [0.4, 0.5) is 0 Å². The van der Waals surface area contributed by atoms with Crippen LogP contribution < -0.4 is 0 Å². The summed E-state index contributed by atoms with van der Waals surface area (Å²) in [5.74, 6) is 0.380. The highest BCUT2D eigenvalue weighted by atomic mass is 16.1. The van der Waals surface area contributed by atoms with Gasteiger partial charge < -0.3 is 0 Å². The molecule has 0 amide bonds. The van der Waals surface area contributed by atoms with Gasteiger partial charge in [-0.2, -0.15) is 0 Å². The summed E-state index contributed by atoms with van der Waals surface area (Å²) in [4.78, 5) is 26.2. The minimum absolute atomic E-state index is 0.0178. The van der Waals surface area contributed by atoms with E-state index >= 15 is 0 Å². The van der Waals surface area contributed by atoms with Gasteiger partial charge in [0.1, 0.15) is 11.6 Å². The fraction of sp³-hybridized carbons (Fsp3) is 0.417. The molecule has 1 fully saturated rings. The highest BCUT2D eigenvalue weighted by Crippen LogP contribution is 2.49. The molecule has 2 aromatic rings. The van der Waals surface area contributed by atoms with Crippen molar-refractivity contribution in [1.82, 2.24) is 0 Å². The molecule has 0 unspecified atom stereocenters. The van der Waals surface area contributed by atoms with Crippen molar-refractivity contribution in [3.05, 3.63) is 71.8 Å². The Labute approximate surface area is 156 Å². The summed E-state index contributed by atoms with van der Waals surface area (Å²) in [5, 5.41) is 0. The molecule has 2 heteroatoms. The van der Waals surface area contributed by atoms with Crippen LogP contribution in [-0.2, 0) is 9.59 Å². The number of hydrogen-bond donors (Lipinski definition) is 0. The van der Waals surface area contributed by atoms with Gasteiger partial charge in [0.05, 0.1) is 0 Å². The SMILES string of the molecule is CCCC(=O)[C@@H]1[C@@H](c2ccccc2)[C@@H](CC)C(=O)C[C@@H]1c1ccccc1. The zero-order valence-corrected chi connectivity index (χ0v) is 15.7. The molecule has 0 aliphatic heterocycles. The van der Waals surface area contributed by atoms with Crippen molar-refractivity contribution < 1.29 is 9.59 Å². The third kappa shape index (κ3) is 3.65. The van der Waals surface area contributed by atoms with Crippen LogP contribution in [0.2, 0.25) is 0 Å². The molecule has 0 saturated heterocycles. The predicted octanol–water partition coefficient (Wildman–Crippen LogP) is 5.54. The van der Waals surface area contributed by atoms with Crippen LogP contribution in [0.25, 0.3) is 0 Å². The largest absolute Gasteiger partial charge is 0.299 e. The lowest BCUT2D eigenvalue weighted by Gasteiger charge is -2.42. The Bertz CT molecular complexity index is 735. The van der Waals surface area contributed by atoms with Gasteiger partial charge in [0.25, 0.3) is 0 Å². The van der Waals surface area contributed by atoms with E-state index in [0.717, 1.165) is 24.0 Å². The topological polar surface area (TPSA) is 34.1 Å². The molecule has 1 aliphatic carbocycles. The maximum absolute atomic E-state index is 13.2. The zero-order chi connectivity index (χ0) is 18.5. The van der Waals surface area contributed by atoms with E-state index in [2.05, 4.69) is 38.1 Å². The van der Waals surface area contributed by atoms with Crippen molar-refractivity contribution in [2.75, 3.05) is 0 Å². The molecule has 2 nitrogen and oxygen atoms in total. The van der Waals surface area contributed by atoms with Crippen LogP contribution in [0.1, 0.15) is 62.5 Å². The van der Waals surface area contributed by atoms with E-state index < -0.39 is 0 Å². The Kier molecular flexibility index (Phi) is 6.03. The van der Waals surface area contributed by atoms with Crippen molar-refractivity contribution in [2.24, 2.45) is 11.8 Å². The number of carbonyl (C=O) groups is 2. The van der Waals surface area contributed by atoms with Crippen LogP contribution in [0.15, 0.2) is 60.7 Å². The predicted molar refractivity (Wildman–Crippen MR) is 105 cm³/mol. The van der Waals surface area contributed by atoms with Gasteiger partial charge >= 0.3 is 0 Å². The van der Waals surface area contributed by atoms with E-state index in [0.29, 0.717) is 24.4 Å². The molecular formula is C24H28O2. The van der Waals surface area contributed by atoms with Crippen LogP contribution in [0.3, 0.4) is 0 Å². The Morgan fingerprint density at radius 1 is 0.923 bits per heavy atom. The average molecular weight is 348 g/mol. The number of benzene rings is 2. The molecule has 0 N–H and O–H groups in total. The Balaban J connectivity index is 2.11. The Hall–Kier alpha value is -2.22. The first kappa shape index (κ1) is 18.6. The molecule has 0 aromatic heterocycles. The molecule has 26 heavy (non-hydrogen) atoms. The van der Waals surface area contributed by atoms with Crippen molar-refractivity contribution in [3.8, 4) is 0 Å². The van der Waals surface area contributed by atoms with Crippen molar-refractivity contribution in [2.45, 2.75) is 51.4 Å². The monoisotopic (exact) mass is 348 g/mol. The van der Waals surface area contributed by atoms with Crippen LogP contribution in [0.5, 0.6) is 0 Å². The quantitative estimate of drug-likeness (QED) is 0.687. The van der Waals surface area contributed by atoms with E-state index in [1.807, 2.05) is 36.4 Å². The van der Waals surface area contributed by atoms with E-state index in [1.165, 1.54) is 0 Å². The van der Waals surface area contributed by atoms with Gasteiger partial charge in [-0.25, -0.2) is 0 Å². The first-order valence-corrected chi connectivity index (χ1v) is 9.82. The maximum atomic E-state index is 13.2. The summed E-state index contributed by atoms with van der Waals surface area (Å²) in [6.45, 7) is 4.13. The number of carbonyl (C=O) groups excluding carboxylic acids is 2. The van der Waals surface area contributed by atoms with Crippen molar-refractivity contribution in [1.29, 1.82) is 0 Å². The van der Waals surface area contributed by atoms with Crippen molar-refractivity contribution >= 4 is 11.6 Å². The van der Waals surface area contributed by atoms with E-state index in [1.54, 1.807) is 0 Å². The standard InChI is InChI=1S/C24H28O2/c1-3-11-21(25)24-20(17-12-7-5-8-13-17)16-22(26)19(4-2)23(24)18-14-9-6-10-15-18/h5-10,12-15,19-20,23-24H,3-4,11,16H2,1-2H3/t19-,20+,23-,24+/m0/s1. The summed E-state index contributed by atoms with van der Waals surface area (Å²) < 4.78 is 0. The average Bonchev–Trinajstić information content (AvgIpc) is 2.68. The van der Waals surface area contributed by atoms with Gasteiger partial charge in [-0.3, -0.25) is 9.59 Å². The summed E-state index contributed by atoms with van der Waals surface area (Å²) in [7, 11) is 0. The molecule has 1 saturated carbocycles. The van der Waals surface area contributed by atoms with Gasteiger partial charge in [0.15, 0.2) is 0 Å². The second-order valence-electron chi connectivity index (χ2n) is 7.38. The first-order chi connectivity index (χ1) is 12.7. The Morgan fingerprint density at radius 2 is 1.50 bits per heavy atom. The molecule has 2 aromatic carbocycles. The van der Waals surface area contributed by atoms with E-state index in [9.17, 15) is 9.59 Å². The second kappa shape index (κ2) is 8.44. The van der Waals surface area contributed by atoms with Gasteiger partial charge in [-0.15, -0.1) is 0 Å². The molecular weight excluding hydrogens is 320 g/mol. The van der Waals surface area contributed by atoms with Gasteiger partial charge in [-0.1, -0.05) is 74.5 Å². The maximum Gasteiger partial charge on any atom is 0.137 e. The minimum Gasteiger partial charge on any atom is -0.299 e. The number of rotatable bonds is 6. The summed E-state index contributed by atoms with van der Waals surface area (Å²) in [6.07, 6.45) is 2.70. The molecule has 0 spiro atoms. The normalized spacial score (nSPS) is 25.8. The van der Waals surface area contributed by atoms with Crippen molar-refractivity contribution in [3.63, 3.8) is 0 Å². The lowest BCUT2D eigenvalue weighted by Crippen LogP contribution is -2.41. The highest BCUT2D eigenvalue weighted by molar-refractivity contribution is 5.90. The third-order valence-electron chi connectivity index (χ3n) is 5.81. The van der Waals surface area contributed by atoms with Gasteiger partial charge in [0, 0.05) is 36.5 Å². The smallest absolute Gasteiger partial charge is 0.137 e. The summed E-state index contributed by atoms with van der Waals surface area (Å²) in [5.41, 5.74) is 2.24. The zero-order valence-electron chi connectivity index (χ0n) is 15.7. The molecule has 1 aliphatic rings. The van der Waals surface area contributed by atoms with Crippen LogP contribution in [0, 0.1) is 11.8 Å². The molecule has 0 bridgehead atoms. The molecule has 0 radical (unpaired) electrons. The summed E-state index contributed by atoms with van der Waals surface area (Å²) >= 11 is 0. The van der Waals surface area contributed by atoms with E-state index in [-0.39, 0.29) is 23.7 Å². The van der Waals surface area contributed by atoms with E-state index in [4.69, 9.17) is 0 Å². The fourth-order valence-corrected chi connectivity index (χ4v) is 4.66. The van der Waals surface area contributed by atoms with Crippen LogP contribution in [-0.4, -0.2) is 11.6 Å². The third-order valence-corrected chi connectivity index (χ3v) is 5.81. The Morgan fingerprint density at radius 3 is 2.04 bits per heavy atom. The molecule has 3 rings (SSSR count). The number of hydrogen-bond acceptors (Lipinski definition) is 2. The molecule has 4 atom stereocenters. The lowest BCUT2D eigenvalue weighted by atomic mass is 9.59. The van der Waals surface area contributed by atoms with Crippen LogP contribution >= 0.6 is 0 Å². The van der Waals surface area contributed by atoms with Gasteiger partial charge in [-0.05, 0) is 24.0 Å². The summed E-state index contributed by atoms with van der Waals surface area (Å²) in [6, 6.07) is 20.3. The second-order valence-corrected chi connectivity index (χ2v) is 7.38. The molecule has 136 valence electrons. The van der Waals surface area contributed by atoms with Gasteiger partial charge in [0.2, 0.25) is 0 Å². The number of Topliss-reactive ketones (excluding diaryl/α,β-unsaturated/α-hetero) is 2. The molecule has 0 heterocycles. The minimum atomic E-state index is -0.123. The highest BCUT2D eigenvalue weighted by Gasteiger charge is 2.47.